The summed E-state index contributed by atoms with van der Waals surface area (Å²) in [6, 6.07) is 2.57. The number of hydrogen-bond acceptors (Lipinski definition) is 4. The third kappa shape index (κ3) is 3.58. The van der Waals surface area contributed by atoms with Gasteiger partial charge in [-0.3, -0.25) is 14.4 Å². The smallest absolute Gasteiger partial charge is 0.220 e. The van der Waals surface area contributed by atoms with Crippen LogP contribution in [0.1, 0.15) is 44.2 Å². The van der Waals surface area contributed by atoms with Crippen LogP contribution in [0.4, 0.5) is 0 Å². The Kier molecular flexibility index (Phi) is 4.88. The predicted molar refractivity (Wildman–Crippen MR) is 104 cm³/mol. The molecule has 5 nitrogen and oxygen atoms in total. The number of thiophene rings is 1. The van der Waals surface area contributed by atoms with Gasteiger partial charge >= 0.3 is 0 Å². The Morgan fingerprint density at radius 3 is 2.81 bits per heavy atom. The quantitative estimate of drug-likeness (QED) is 0.781. The maximum atomic E-state index is 12.2. The van der Waals surface area contributed by atoms with Crippen molar-refractivity contribution in [3.8, 4) is 0 Å². The monoisotopic (exact) mass is 372 g/mol. The molecule has 6 heteroatoms. The van der Waals surface area contributed by atoms with Crippen molar-refractivity contribution < 1.29 is 4.79 Å². The Hall–Kier alpha value is -1.66. The molecule has 1 aliphatic heterocycles. The minimum Gasteiger partial charge on any atom is -0.335 e. The van der Waals surface area contributed by atoms with Crippen LogP contribution in [-0.4, -0.2) is 44.6 Å². The zero-order chi connectivity index (χ0) is 18.1. The van der Waals surface area contributed by atoms with Gasteiger partial charge in [0.1, 0.15) is 0 Å². The van der Waals surface area contributed by atoms with Gasteiger partial charge in [0.25, 0.3) is 0 Å². The summed E-state index contributed by atoms with van der Waals surface area (Å²) in [5.74, 6) is 0.215. The minimum absolute atomic E-state index is 0.215. The van der Waals surface area contributed by atoms with Gasteiger partial charge in [-0.1, -0.05) is 0 Å². The Morgan fingerprint density at radius 1 is 1.38 bits per heavy atom. The molecule has 0 radical (unpaired) electrons. The summed E-state index contributed by atoms with van der Waals surface area (Å²) in [6.45, 7) is 8.77. The van der Waals surface area contributed by atoms with Gasteiger partial charge in [-0.2, -0.15) is 16.4 Å². The van der Waals surface area contributed by atoms with Crippen LogP contribution >= 0.6 is 11.3 Å². The zero-order valence-electron chi connectivity index (χ0n) is 15.7. The highest BCUT2D eigenvalue weighted by Crippen LogP contribution is 2.57. The van der Waals surface area contributed by atoms with E-state index in [9.17, 15) is 4.79 Å². The molecule has 4 rings (SSSR count). The molecule has 140 valence electrons. The van der Waals surface area contributed by atoms with Gasteiger partial charge < -0.3 is 4.90 Å². The first-order valence-corrected chi connectivity index (χ1v) is 10.6. The SMILES string of the molecule is CCn1cc(CN2CCC3(CC2)CC3N(Cc2ccsc2)C(C)=O)cn1. The van der Waals surface area contributed by atoms with Crippen molar-refractivity contribution in [3.63, 3.8) is 0 Å². The molecular formula is C20H28N4OS. The summed E-state index contributed by atoms with van der Waals surface area (Å²) < 4.78 is 1.99. The molecule has 1 amide bonds. The maximum Gasteiger partial charge on any atom is 0.220 e. The molecule has 26 heavy (non-hydrogen) atoms. The highest BCUT2D eigenvalue weighted by atomic mass is 32.1. The number of likely N-dealkylation sites (tertiary alicyclic amines) is 1. The second kappa shape index (κ2) is 7.16. The molecule has 0 N–H and O–H groups in total. The van der Waals surface area contributed by atoms with E-state index < -0.39 is 0 Å². The zero-order valence-corrected chi connectivity index (χ0v) is 16.5. The summed E-state index contributed by atoms with van der Waals surface area (Å²) in [5, 5.41) is 8.63. The van der Waals surface area contributed by atoms with E-state index in [2.05, 4.69) is 44.8 Å². The lowest BCUT2D eigenvalue weighted by molar-refractivity contribution is -0.130. The van der Waals surface area contributed by atoms with E-state index in [0.29, 0.717) is 11.5 Å². The fourth-order valence-corrected chi connectivity index (χ4v) is 5.06. The number of piperidine rings is 1. The van der Waals surface area contributed by atoms with Gasteiger partial charge in [0.15, 0.2) is 0 Å². The summed E-state index contributed by atoms with van der Waals surface area (Å²) in [6.07, 6.45) is 7.73. The number of nitrogens with zero attached hydrogens (tertiary/aromatic N) is 4. The summed E-state index contributed by atoms with van der Waals surface area (Å²) in [5.41, 5.74) is 2.93. The number of carbonyl (C=O) groups is 1. The van der Waals surface area contributed by atoms with E-state index in [-0.39, 0.29) is 5.91 Å². The normalized spacial score (nSPS) is 21.8. The van der Waals surface area contributed by atoms with Crippen LogP contribution < -0.4 is 0 Å². The van der Waals surface area contributed by atoms with Gasteiger partial charge in [-0.05, 0) is 67.1 Å². The number of amides is 1. The predicted octanol–water partition coefficient (Wildman–Crippen LogP) is 3.37. The fraction of sp³-hybridized carbons (Fsp3) is 0.600. The van der Waals surface area contributed by atoms with Crippen molar-refractivity contribution in [2.45, 2.75) is 58.8 Å². The number of aromatic nitrogens is 2. The van der Waals surface area contributed by atoms with Crippen LogP contribution in [0.3, 0.4) is 0 Å². The molecule has 2 aliphatic rings. The highest BCUT2D eigenvalue weighted by Gasteiger charge is 2.58. The first-order valence-electron chi connectivity index (χ1n) is 9.61. The van der Waals surface area contributed by atoms with Crippen LogP contribution in [-0.2, 0) is 24.4 Å². The van der Waals surface area contributed by atoms with E-state index in [0.717, 1.165) is 32.7 Å². The molecule has 3 heterocycles. The topological polar surface area (TPSA) is 41.4 Å². The first-order chi connectivity index (χ1) is 12.6. The van der Waals surface area contributed by atoms with Crippen LogP contribution in [0.15, 0.2) is 29.2 Å². The molecular weight excluding hydrogens is 344 g/mol. The molecule has 0 bridgehead atoms. The van der Waals surface area contributed by atoms with Gasteiger partial charge in [-0.15, -0.1) is 0 Å². The Balaban J connectivity index is 1.33. The Morgan fingerprint density at radius 2 is 2.19 bits per heavy atom. The van der Waals surface area contributed by atoms with Crippen molar-refractivity contribution in [1.82, 2.24) is 19.6 Å². The average molecular weight is 373 g/mol. The van der Waals surface area contributed by atoms with E-state index >= 15 is 0 Å². The lowest BCUT2D eigenvalue weighted by Crippen LogP contribution is -2.39. The van der Waals surface area contributed by atoms with E-state index in [4.69, 9.17) is 0 Å². The van der Waals surface area contributed by atoms with Crippen molar-refractivity contribution in [2.75, 3.05) is 13.1 Å². The third-order valence-corrected chi connectivity index (χ3v) is 6.86. The molecule has 2 aromatic heterocycles. The second-order valence-electron chi connectivity index (χ2n) is 7.84. The largest absolute Gasteiger partial charge is 0.335 e. The standard InChI is InChI=1S/C20H28N4OS/c1-3-23-13-18(11-21-23)12-22-7-5-20(6-8-22)10-19(20)24(16(2)25)14-17-4-9-26-15-17/h4,9,11,13,15,19H,3,5-8,10,12,14H2,1-2H3. The summed E-state index contributed by atoms with van der Waals surface area (Å²) >= 11 is 1.71. The third-order valence-electron chi connectivity index (χ3n) is 6.13. The van der Waals surface area contributed by atoms with Gasteiger partial charge in [-0.25, -0.2) is 0 Å². The number of aryl methyl sites for hydroxylation is 1. The van der Waals surface area contributed by atoms with Crippen LogP contribution in [0, 0.1) is 5.41 Å². The lowest BCUT2D eigenvalue weighted by Gasteiger charge is -2.34. The number of rotatable bonds is 6. The molecule has 1 unspecified atom stereocenters. The Labute approximate surface area is 159 Å². The molecule has 2 aromatic rings. The molecule has 2 fully saturated rings. The molecule has 1 aliphatic carbocycles. The summed E-state index contributed by atoms with van der Waals surface area (Å²) in [7, 11) is 0. The molecule has 0 aromatic carbocycles. The molecule has 1 atom stereocenters. The van der Waals surface area contributed by atoms with Gasteiger partial charge in [0.05, 0.1) is 6.20 Å². The van der Waals surface area contributed by atoms with Crippen molar-refractivity contribution >= 4 is 17.2 Å². The summed E-state index contributed by atoms with van der Waals surface area (Å²) in [4.78, 5) is 16.9. The maximum absolute atomic E-state index is 12.2. The average Bonchev–Trinajstić information content (AvgIpc) is 3.01. The van der Waals surface area contributed by atoms with Gasteiger partial charge in [0.2, 0.25) is 5.91 Å². The molecule has 1 saturated carbocycles. The first kappa shape index (κ1) is 17.7. The lowest BCUT2D eigenvalue weighted by atomic mass is 9.92. The molecule has 1 saturated heterocycles. The van der Waals surface area contributed by atoms with Crippen molar-refractivity contribution in [1.29, 1.82) is 0 Å². The number of hydrogen-bond donors (Lipinski definition) is 0. The van der Waals surface area contributed by atoms with E-state index in [1.54, 1.807) is 18.3 Å². The van der Waals surface area contributed by atoms with Crippen molar-refractivity contribution in [2.24, 2.45) is 5.41 Å². The van der Waals surface area contributed by atoms with Crippen LogP contribution in [0.5, 0.6) is 0 Å². The van der Waals surface area contributed by atoms with E-state index in [1.807, 2.05) is 10.9 Å². The van der Waals surface area contributed by atoms with Crippen LogP contribution in [0.2, 0.25) is 0 Å². The van der Waals surface area contributed by atoms with Crippen LogP contribution in [0.25, 0.3) is 0 Å². The van der Waals surface area contributed by atoms with Crippen molar-refractivity contribution in [3.05, 3.63) is 40.3 Å². The molecule has 1 spiro atoms. The highest BCUT2D eigenvalue weighted by molar-refractivity contribution is 7.07. The number of carbonyl (C=O) groups excluding carboxylic acids is 1. The van der Waals surface area contributed by atoms with Gasteiger partial charge in [0, 0.05) is 44.4 Å². The Bertz CT molecular complexity index is 746. The second-order valence-corrected chi connectivity index (χ2v) is 8.62. The minimum atomic E-state index is 0.215. The fourth-order valence-electron chi connectivity index (χ4n) is 4.40. The van der Waals surface area contributed by atoms with E-state index in [1.165, 1.54) is 30.4 Å².